The van der Waals surface area contributed by atoms with E-state index in [0.717, 1.165) is 5.75 Å². The summed E-state index contributed by atoms with van der Waals surface area (Å²) >= 11 is 1.99. The van der Waals surface area contributed by atoms with Crippen molar-refractivity contribution < 1.29 is 4.79 Å². The van der Waals surface area contributed by atoms with Gasteiger partial charge in [0.2, 0.25) is 5.91 Å². The summed E-state index contributed by atoms with van der Waals surface area (Å²) in [4.78, 5) is 10.6. The molecule has 3 nitrogen and oxygen atoms in total. The first-order valence-electron chi connectivity index (χ1n) is 5.12. The molecule has 1 aliphatic rings. The summed E-state index contributed by atoms with van der Waals surface area (Å²) in [5.41, 5.74) is 5.44. The lowest BCUT2D eigenvalue weighted by molar-refractivity contribution is -0.117. The molecular formula is C10H20N2OS. The second-order valence-electron chi connectivity index (χ2n) is 4.54. The van der Waals surface area contributed by atoms with Crippen LogP contribution >= 0.6 is 11.8 Å². The van der Waals surface area contributed by atoms with Gasteiger partial charge in [0.05, 0.1) is 0 Å². The second-order valence-corrected chi connectivity index (χ2v) is 5.69. The molecule has 1 rings (SSSR count). The maximum Gasteiger partial charge on any atom is 0.218 e. The van der Waals surface area contributed by atoms with E-state index in [1.807, 2.05) is 11.8 Å². The van der Waals surface area contributed by atoms with Crippen molar-refractivity contribution in [2.75, 3.05) is 18.1 Å². The van der Waals surface area contributed by atoms with Gasteiger partial charge in [0.15, 0.2) is 0 Å². The molecule has 0 aromatic carbocycles. The largest absolute Gasteiger partial charge is 0.370 e. The zero-order chi connectivity index (χ0) is 10.6. The van der Waals surface area contributed by atoms with Crippen LogP contribution in [-0.4, -0.2) is 30.0 Å². The van der Waals surface area contributed by atoms with Crippen molar-refractivity contribution >= 4 is 17.7 Å². The molecule has 1 amide bonds. The van der Waals surface area contributed by atoms with Crippen molar-refractivity contribution in [2.45, 2.75) is 32.7 Å². The Bertz CT molecular complexity index is 206. The summed E-state index contributed by atoms with van der Waals surface area (Å²) in [6.45, 7) is 5.29. The van der Waals surface area contributed by atoms with Gasteiger partial charge in [-0.1, -0.05) is 13.8 Å². The topological polar surface area (TPSA) is 55.1 Å². The number of carbonyl (C=O) groups excluding carboxylic acids is 1. The van der Waals surface area contributed by atoms with Crippen LogP contribution in [0.3, 0.4) is 0 Å². The van der Waals surface area contributed by atoms with Gasteiger partial charge in [0.25, 0.3) is 0 Å². The molecule has 14 heavy (non-hydrogen) atoms. The standard InChI is InChI=1S/C10H20N2OS/c1-10(2)4-6-14-7-8(10)12-5-3-9(11)13/h8,12H,3-7H2,1-2H3,(H2,11,13). The molecule has 1 heterocycles. The lowest BCUT2D eigenvalue weighted by Gasteiger charge is -2.38. The van der Waals surface area contributed by atoms with Crippen LogP contribution in [0.1, 0.15) is 26.7 Å². The van der Waals surface area contributed by atoms with Crippen LogP contribution in [0.4, 0.5) is 0 Å². The summed E-state index contributed by atoms with van der Waals surface area (Å²) < 4.78 is 0. The quantitative estimate of drug-likeness (QED) is 0.736. The normalized spacial score (nSPS) is 26.0. The molecule has 1 aliphatic heterocycles. The number of amides is 1. The number of nitrogens with one attached hydrogen (secondary N) is 1. The summed E-state index contributed by atoms with van der Waals surface area (Å²) in [5, 5.41) is 3.42. The van der Waals surface area contributed by atoms with E-state index >= 15 is 0 Å². The summed E-state index contributed by atoms with van der Waals surface area (Å²) in [7, 11) is 0. The van der Waals surface area contributed by atoms with Crippen molar-refractivity contribution in [2.24, 2.45) is 11.1 Å². The third-order valence-corrected chi connectivity index (χ3v) is 3.94. The Kier molecular flexibility index (Phi) is 4.26. The van der Waals surface area contributed by atoms with Gasteiger partial charge in [0, 0.05) is 24.8 Å². The minimum Gasteiger partial charge on any atom is -0.370 e. The molecule has 0 radical (unpaired) electrons. The lowest BCUT2D eigenvalue weighted by atomic mass is 9.82. The highest BCUT2D eigenvalue weighted by atomic mass is 32.2. The fraction of sp³-hybridized carbons (Fsp3) is 0.900. The summed E-state index contributed by atoms with van der Waals surface area (Å²) in [6.07, 6.45) is 1.68. The fourth-order valence-corrected chi connectivity index (χ4v) is 3.28. The molecule has 0 aromatic rings. The number of primary amides is 1. The Balaban J connectivity index is 2.31. The Labute approximate surface area is 90.2 Å². The zero-order valence-corrected chi connectivity index (χ0v) is 9.82. The lowest BCUT2D eigenvalue weighted by Crippen LogP contribution is -2.47. The van der Waals surface area contributed by atoms with Crippen LogP contribution in [0.15, 0.2) is 0 Å². The number of thioether (sulfide) groups is 1. The minimum atomic E-state index is -0.223. The zero-order valence-electron chi connectivity index (χ0n) is 9.01. The Morgan fingerprint density at radius 1 is 1.64 bits per heavy atom. The smallest absolute Gasteiger partial charge is 0.218 e. The van der Waals surface area contributed by atoms with Gasteiger partial charge >= 0.3 is 0 Å². The van der Waals surface area contributed by atoms with Crippen LogP contribution in [-0.2, 0) is 4.79 Å². The Morgan fingerprint density at radius 2 is 2.36 bits per heavy atom. The van der Waals surface area contributed by atoms with Gasteiger partial charge < -0.3 is 11.1 Å². The third-order valence-electron chi connectivity index (χ3n) is 2.88. The van der Waals surface area contributed by atoms with Crippen LogP contribution in [0.5, 0.6) is 0 Å². The molecule has 0 aliphatic carbocycles. The maximum absolute atomic E-state index is 10.6. The average molecular weight is 216 g/mol. The molecule has 1 atom stereocenters. The maximum atomic E-state index is 10.6. The van der Waals surface area contributed by atoms with E-state index < -0.39 is 0 Å². The van der Waals surface area contributed by atoms with E-state index in [4.69, 9.17) is 5.73 Å². The highest BCUT2D eigenvalue weighted by molar-refractivity contribution is 7.99. The van der Waals surface area contributed by atoms with Gasteiger partial charge in [-0.2, -0.15) is 11.8 Å². The first-order chi connectivity index (χ1) is 6.52. The van der Waals surface area contributed by atoms with Gasteiger partial charge in [-0.3, -0.25) is 4.79 Å². The molecule has 0 bridgehead atoms. The minimum absolute atomic E-state index is 0.223. The molecule has 4 heteroatoms. The number of nitrogens with two attached hydrogens (primary N) is 1. The summed E-state index contributed by atoms with van der Waals surface area (Å²) in [5.74, 6) is 2.17. The molecule has 0 spiro atoms. The van der Waals surface area contributed by atoms with Crippen LogP contribution in [0, 0.1) is 5.41 Å². The number of hydrogen-bond donors (Lipinski definition) is 2. The average Bonchev–Trinajstić information content (AvgIpc) is 2.07. The number of carbonyl (C=O) groups is 1. The van der Waals surface area contributed by atoms with Crippen molar-refractivity contribution in [3.05, 3.63) is 0 Å². The van der Waals surface area contributed by atoms with E-state index in [1.54, 1.807) is 0 Å². The van der Waals surface area contributed by atoms with Gasteiger partial charge in [-0.25, -0.2) is 0 Å². The predicted molar refractivity (Wildman–Crippen MR) is 61.3 cm³/mol. The van der Waals surface area contributed by atoms with Gasteiger partial charge in [-0.15, -0.1) is 0 Å². The summed E-state index contributed by atoms with van der Waals surface area (Å²) in [6, 6.07) is 0.514. The van der Waals surface area contributed by atoms with E-state index in [1.165, 1.54) is 12.2 Å². The molecule has 3 N–H and O–H groups in total. The van der Waals surface area contributed by atoms with Crippen molar-refractivity contribution in [1.82, 2.24) is 5.32 Å². The van der Waals surface area contributed by atoms with Crippen LogP contribution in [0.25, 0.3) is 0 Å². The molecule has 1 fully saturated rings. The Hall–Kier alpha value is -0.220. The van der Waals surface area contributed by atoms with Gasteiger partial charge in [-0.05, 0) is 17.6 Å². The van der Waals surface area contributed by atoms with E-state index in [9.17, 15) is 4.79 Å². The van der Waals surface area contributed by atoms with Crippen LogP contribution in [0.2, 0.25) is 0 Å². The van der Waals surface area contributed by atoms with Crippen molar-refractivity contribution in [3.8, 4) is 0 Å². The molecule has 0 saturated carbocycles. The highest BCUT2D eigenvalue weighted by Crippen LogP contribution is 2.33. The van der Waals surface area contributed by atoms with Gasteiger partial charge in [0.1, 0.15) is 0 Å². The van der Waals surface area contributed by atoms with E-state index in [0.29, 0.717) is 24.4 Å². The number of rotatable bonds is 4. The fourth-order valence-electron chi connectivity index (χ4n) is 1.64. The van der Waals surface area contributed by atoms with E-state index in [-0.39, 0.29) is 5.91 Å². The van der Waals surface area contributed by atoms with E-state index in [2.05, 4.69) is 19.2 Å². The SMILES string of the molecule is CC1(C)CCSCC1NCCC(N)=O. The first kappa shape index (κ1) is 11.9. The molecule has 1 unspecified atom stereocenters. The van der Waals surface area contributed by atoms with Crippen LogP contribution < -0.4 is 11.1 Å². The Morgan fingerprint density at radius 3 is 2.93 bits per heavy atom. The second kappa shape index (κ2) is 5.03. The highest BCUT2D eigenvalue weighted by Gasteiger charge is 2.31. The first-order valence-corrected chi connectivity index (χ1v) is 6.27. The predicted octanol–water partition coefficient (Wildman–Crippen LogP) is 0.983. The van der Waals surface area contributed by atoms with Crippen molar-refractivity contribution in [1.29, 1.82) is 0 Å². The molecule has 82 valence electrons. The number of hydrogen-bond acceptors (Lipinski definition) is 3. The molecule has 0 aromatic heterocycles. The molecular weight excluding hydrogens is 196 g/mol. The molecule has 1 saturated heterocycles. The van der Waals surface area contributed by atoms with Crippen molar-refractivity contribution in [3.63, 3.8) is 0 Å². The third kappa shape index (κ3) is 3.50. The monoisotopic (exact) mass is 216 g/mol.